The number of hydrogen-bond acceptors (Lipinski definition) is 7. The topological polar surface area (TPSA) is 115 Å². The summed E-state index contributed by atoms with van der Waals surface area (Å²) in [4.78, 5) is 15.9. The van der Waals surface area contributed by atoms with Crippen molar-refractivity contribution in [3.05, 3.63) is 17.7 Å². The molecule has 8 nitrogen and oxygen atoms in total. The smallest absolute Gasteiger partial charge is 0.338 e. The molecule has 9 heteroatoms. The molecule has 0 aromatic heterocycles. The Morgan fingerprint density at radius 2 is 1.91 bits per heavy atom. The number of hydrogen-bond donors (Lipinski definition) is 3. The number of halogens is 1. The zero-order valence-corrected chi connectivity index (χ0v) is 13.9. The number of nitrogens with one attached hydrogen (secondary N) is 1. The van der Waals surface area contributed by atoms with Crippen molar-refractivity contribution in [3.8, 4) is 17.2 Å². The molecule has 0 unspecified atom stereocenters. The number of nitrogens with two attached hydrogens (primary N) is 1. The van der Waals surface area contributed by atoms with Crippen LogP contribution >= 0.6 is 12.4 Å². The van der Waals surface area contributed by atoms with Crippen molar-refractivity contribution in [2.75, 3.05) is 27.4 Å². The first-order valence-electron chi connectivity index (χ1n) is 6.70. The molecule has 0 aliphatic carbocycles. The molecule has 1 aromatic rings. The van der Waals surface area contributed by atoms with E-state index in [-0.39, 0.29) is 41.8 Å². The number of carbonyl (C=O) groups excluding carboxylic acids is 1. The summed E-state index contributed by atoms with van der Waals surface area (Å²) in [7, 11) is 2.78. The van der Waals surface area contributed by atoms with Gasteiger partial charge in [0.2, 0.25) is 5.75 Å². The zero-order valence-electron chi connectivity index (χ0n) is 13.1. The number of esters is 1. The van der Waals surface area contributed by atoms with Gasteiger partial charge in [-0.25, -0.2) is 10.6 Å². The number of methoxy groups -OCH3 is 2. The zero-order chi connectivity index (χ0) is 16.4. The lowest BCUT2D eigenvalue weighted by Crippen LogP contribution is -2.19. The van der Waals surface area contributed by atoms with Gasteiger partial charge in [0.05, 0.1) is 32.7 Å². The molecule has 0 amide bonds. The van der Waals surface area contributed by atoms with E-state index in [1.807, 2.05) is 0 Å². The number of rotatable bonds is 9. The molecule has 0 spiro atoms. The lowest BCUT2D eigenvalue weighted by Gasteiger charge is -2.11. The van der Waals surface area contributed by atoms with Crippen LogP contribution in [0.2, 0.25) is 0 Å². The molecule has 0 saturated heterocycles. The molecule has 0 fully saturated rings. The van der Waals surface area contributed by atoms with Gasteiger partial charge in [-0.15, -0.1) is 12.4 Å². The first-order chi connectivity index (χ1) is 10.6. The third kappa shape index (κ3) is 6.62. The van der Waals surface area contributed by atoms with E-state index < -0.39 is 5.97 Å². The Balaban J connectivity index is 0.00000484. The summed E-state index contributed by atoms with van der Waals surface area (Å²) in [6.45, 7) is 0.874. The molecule has 4 N–H and O–H groups in total. The molecular formula is C14H22ClN3O5. The molecule has 1 aromatic carbocycles. The Morgan fingerprint density at radius 3 is 2.43 bits per heavy atom. The van der Waals surface area contributed by atoms with Crippen molar-refractivity contribution < 1.29 is 24.1 Å². The lowest BCUT2D eigenvalue weighted by molar-refractivity contribution is 0.0498. The van der Waals surface area contributed by atoms with Crippen LogP contribution in [0.1, 0.15) is 23.2 Å². The number of benzene rings is 1. The summed E-state index contributed by atoms with van der Waals surface area (Å²) < 4.78 is 15.1. The summed E-state index contributed by atoms with van der Waals surface area (Å²) >= 11 is 0. The number of aliphatic imine (C=N–C) groups is 1. The van der Waals surface area contributed by atoms with Crippen molar-refractivity contribution in [3.63, 3.8) is 0 Å². The van der Waals surface area contributed by atoms with Gasteiger partial charge in [0.25, 0.3) is 0 Å². The van der Waals surface area contributed by atoms with Crippen LogP contribution in [0.5, 0.6) is 17.2 Å². The molecule has 1 rings (SSSR count). The van der Waals surface area contributed by atoms with Crippen molar-refractivity contribution >= 4 is 24.7 Å². The van der Waals surface area contributed by atoms with Crippen LogP contribution in [0.3, 0.4) is 0 Å². The lowest BCUT2D eigenvalue weighted by atomic mass is 10.2. The number of nitrogens with zero attached hydrogens (tertiary/aromatic N) is 1. The van der Waals surface area contributed by atoms with E-state index in [0.717, 1.165) is 6.42 Å². The van der Waals surface area contributed by atoms with Crippen LogP contribution in [0.15, 0.2) is 17.1 Å². The van der Waals surface area contributed by atoms with Crippen LogP contribution < -0.4 is 20.7 Å². The van der Waals surface area contributed by atoms with Gasteiger partial charge in [-0.05, 0) is 25.0 Å². The van der Waals surface area contributed by atoms with E-state index in [9.17, 15) is 9.90 Å². The van der Waals surface area contributed by atoms with Gasteiger partial charge < -0.3 is 24.7 Å². The van der Waals surface area contributed by atoms with E-state index in [1.54, 1.807) is 0 Å². The molecular weight excluding hydrogens is 326 g/mol. The van der Waals surface area contributed by atoms with Crippen molar-refractivity contribution in [1.29, 1.82) is 0 Å². The molecule has 0 radical (unpaired) electrons. The van der Waals surface area contributed by atoms with E-state index in [1.165, 1.54) is 32.7 Å². The third-order valence-electron chi connectivity index (χ3n) is 2.80. The first kappa shape index (κ1) is 20.8. The molecule has 0 bridgehead atoms. The number of phenols is 1. The SMILES string of the molecule is COc1cc(C(=O)OCCCCN=CNN)cc(OC)c1O.Cl. The van der Waals surface area contributed by atoms with Crippen LogP contribution in [0, 0.1) is 0 Å². The Labute approximate surface area is 141 Å². The van der Waals surface area contributed by atoms with E-state index >= 15 is 0 Å². The van der Waals surface area contributed by atoms with Crippen molar-refractivity contribution in [2.45, 2.75) is 12.8 Å². The van der Waals surface area contributed by atoms with Crippen LogP contribution in [-0.2, 0) is 4.74 Å². The summed E-state index contributed by atoms with van der Waals surface area (Å²) in [5, 5.41) is 9.78. The van der Waals surface area contributed by atoms with Gasteiger partial charge in [-0.2, -0.15) is 0 Å². The van der Waals surface area contributed by atoms with Gasteiger partial charge in [0, 0.05) is 6.54 Å². The van der Waals surface area contributed by atoms with Crippen LogP contribution in [0.25, 0.3) is 0 Å². The van der Waals surface area contributed by atoms with Crippen molar-refractivity contribution in [1.82, 2.24) is 5.43 Å². The highest BCUT2D eigenvalue weighted by molar-refractivity contribution is 5.91. The Morgan fingerprint density at radius 1 is 1.30 bits per heavy atom. The number of ether oxygens (including phenoxy) is 3. The van der Waals surface area contributed by atoms with Crippen LogP contribution in [-0.4, -0.2) is 44.8 Å². The highest BCUT2D eigenvalue weighted by Crippen LogP contribution is 2.37. The monoisotopic (exact) mass is 347 g/mol. The molecule has 0 saturated carbocycles. The minimum atomic E-state index is -0.510. The number of aromatic hydroxyl groups is 1. The fourth-order valence-electron chi connectivity index (χ4n) is 1.68. The Bertz CT molecular complexity index is 500. The predicted molar refractivity (Wildman–Crippen MR) is 88.7 cm³/mol. The van der Waals surface area contributed by atoms with Crippen LogP contribution in [0.4, 0.5) is 0 Å². The van der Waals surface area contributed by atoms with Gasteiger partial charge in [-0.1, -0.05) is 0 Å². The third-order valence-corrected chi connectivity index (χ3v) is 2.80. The molecule has 0 atom stereocenters. The second-order valence-corrected chi connectivity index (χ2v) is 4.27. The van der Waals surface area contributed by atoms with Gasteiger partial charge in [0.15, 0.2) is 11.5 Å². The van der Waals surface area contributed by atoms with Gasteiger partial charge >= 0.3 is 5.97 Å². The number of carbonyl (C=O) groups is 1. The predicted octanol–water partition coefficient (Wildman–Crippen LogP) is 1.26. The highest BCUT2D eigenvalue weighted by atomic mass is 35.5. The maximum Gasteiger partial charge on any atom is 0.338 e. The van der Waals surface area contributed by atoms with Gasteiger partial charge in [-0.3, -0.25) is 4.99 Å². The highest BCUT2D eigenvalue weighted by Gasteiger charge is 2.16. The molecule has 0 heterocycles. The fourth-order valence-corrected chi connectivity index (χ4v) is 1.68. The molecule has 0 aliphatic rings. The number of unbranched alkanes of at least 4 members (excludes halogenated alkanes) is 1. The summed E-state index contributed by atoms with van der Waals surface area (Å²) in [6.07, 6.45) is 2.86. The summed E-state index contributed by atoms with van der Waals surface area (Å²) in [5.74, 6) is 4.65. The molecule has 0 aliphatic heterocycles. The second-order valence-electron chi connectivity index (χ2n) is 4.27. The fraction of sp³-hybridized carbons (Fsp3) is 0.429. The quantitative estimate of drug-likeness (QED) is 0.154. The maximum absolute atomic E-state index is 12.0. The average Bonchev–Trinajstić information content (AvgIpc) is 2.54. The normalized spacial score (nSPS) is 10.0. The summed E-state index contributed by atoms with van der Waals surface area (Å²) in [6, 6.07) is 2.80. The van der Waals surface area contributed by atoms with E-state index in [2.05, 4.69) is 10.4 Å². The Kier molecular flexibility index (Phi) is 10.3. The molecule has 23 heavy (non-hydrogen) atoms. The minimum Gasteiger partial charge on any atom is -0.502 e. The number of phenolic OH excluding ortho intramolecular Hbond substituents is 1. The standard InChI is InChI=1S/C14H21N3O5.ClH/c1-20-11-7-10(8-12(21-2)13(11)18)14(19)22-6-4-3-5-16-9-17-15;/h7-9,18H,3-6,15H2,1-2H3,(H,16,17);1H. The van der Waals surface area contributed by atoms with Crippen molar-refractivity contribution in [2.24, 2.45) is 10.8 Å². The first-order valence-corrected chi connectivity index (χ1v) is 6.70. The van der Waals surface area contributed by atoms with E-state index in [0.29, 0.717) is 13.0 Å². The second kappa shape index (κ2) is 11.4. The van der Waals surface area contributed by atoms with E-state index in [4.69, 9.17) is 20.1 Å². The average molecular weight is 348 g/mol. The minimum absolute atomic E-state index is 0. The largest absolute Gasteiger partial charge is 0.502 e. The maximum atomic E-state index is 12.0. The Hall–Kier alpha value is -2.19. The van der Waals surface area contributed by atoms with Gasteiger partial charge in [0.1, 0.15) is 0 Å². The summed E-state index contributed by atoms with van der Waals surface area (Å²) in [5.41, 5.74) is 2.55. The number of hydrazine groups is 1. The molecule has 130 valence electrons.